The first kappa shape index (κ1) is 89.3. The normalized spacial score (nSPS) is 34.0. The highest BCUT2D eigenvalue weighted by molar-refractivity contribution is 7.71. The topological polar surface area (TPSA) is 601 Å². The van der Waals surface area contributed by atoms with E-state index in [9.17, 15) is 116 Å². The predicted octanol–water partition coefficient (Wildman–Crippen LogP) is 4.96. The van der Waals surface area contributed by atoms with Crippen LogP contribution in [-0.2, 0) is 132 Å². The van der Waals surface area contributed by atoms with Crippen LogP contribution in [0.3, 0.4) is 0 Å². The summed E-state index contributed by atoms with van der Waals surface area (Å²) in [7, 11) is -18.1. The summed E-state index contributed by atoms with van der Waals surface area (Å²) in [5, 5.41) is 120. The number of aliphatic hydroxyl groups excluding tert-OH is 12. The van der Waals surface area contributed by atoms with Gasteiger partial charge in [-0.15, -0.1) is 0 Å². The van der Waals surface area contributed by atoms with Crippen molar-refractivity contribution in [3.63, 3.8) is 0 Å². The fourth-order valence-electron chi connectivity index (χ4n) is 12.4. The fourth-order valence-corrected chi connectivity index (χ4v) is 18.5. The van der Waals surface area contributed by atoms with Gasteiger partial charge in [0.05, 0.1) is 89.5 Å². The lowest BCUT2D eigenvalue weighted by Crippen LogP contribution is -2.43. The first-order valence-electron chi connectivity index (χ1n) is 39.1. The van der Waals surface area contributed by atoms with Gasteiger partial charge >= 0.3 is 31.1 Å². The molecule has 43 nitrogen and oxygen atoms in total. The van der Waals surface area contributed by atoms with Crippen molar-refractivity contribution in [2.75, 3.05) is 26.3 Å². The van der Waals surface area contributed by atoms with E-state index in [-0.39, 0.29) is 74.2 Å². The van der Waals surface area contributed by atoms with Gasteiger partial charge in [-0.3, -0.25) is 89.1 Å². The number of aromatic amines is 4. The standard InChI is InChI=1S/C18H19F2N2O8PS.3C17H17F2N2O9PS/c19-12-2-1-9-7-31(27,28-6-10(9)3-12)29-8-18(20)14(25)13(24)16(30-18)22-4-11(5-23)15(26)21-17(22)32;3*18-10-1-2-11-8(3-10)6-27-31(26,30-11)28-7-17(19)13(24)12(23)15(29-17)21-4-9(5-22)14(25)20-16(21)32/h1-4,13-14,16,23-25H,5-8H2,(H,21,26,32);3*1-4,12-13,15,22-24H,5-7H2,(H,20,25,32)/t13-,14+,16-,18-,31?;3*12-,13+,15-,17-,31?/m1111/s1/i8D2,16D;15D;7D2;. The lowest BCUT2D eigenvalue weighted by atomic mass is 10.1. The molecule has 59 heteroatoms. The zero-order chi connectivity index (χ0) is 98.5. The number of fused-ring (bicyclic) bond motifs is 4. The van der Waals surface area contributed by atoms with E-state index in [4.69, 9.17) is 121 Å². The van der Waals surface area contributed by atoms with E-state index in [0.29, 0.717) is 20.3 Å². The van der Waals surface area contributed by atoms with E-state index in [0.717, 1.165) is 88.5 Å². The van der Waals surface area contributed by atoms with Gasteiger partial charge in [0, 0.05) is 41.5 Å². The third-order valence-corrected chi connectivity index (χ3v) is 25.8. The second-order valence-corrected chi connectivity index (χ2v) is 36.1. The number of halogens is 8. The van der Waals surface area contributed by atoms with E-state index in [2.05, 4.69) is 24.5 Å². The van der Waals surface area contributed by atoms with Gasteiger partial charge in [0.1, 0.15) is 116 Å². The van der Waals surface area contributed by atoms with Crippen molar-refractivity contribution in [1.29, 1.82) is 0 Å². The summed E-state index contributed by atoms with van der Waals surface area (Å²) in [6, 6.07) is 13.2. The zero-order valence-electron chi connectivity index (χ0n) is 69.8. The number of phosphoric ester groups is 3. The maximum atomic E-state index is 15.9. The average Bonchev–Trinajstić information content (AvgIpc) is 1.55. The Hall–Kier alpha value is -7.92. The molecule has 16 rings (SSSR count). The first-order valence-corrected chi connectivity index (χ1v) is 43.8. The monoisotopic (exact) mass is 1980 g/mol. The lowest BCUT2D eigenvalue weighted by Gasteiger charge is -2.29. The van der Waals surface area contributed by atoms with Crippen molar-refractivity contribution in [2.45, 2.75) is 156 Å². The third-order valence-electron chi connectivity index (χ3n) is 19.2. The van der Waals surface area contributed by atoms with Gasteiger partial charge in [0.15, 0.2) is 43.9 Å². The molecule has 0 radical (unpaired) electrons. The molecule has 0 aliphatic carbocycles. The quantitative estimate of drug-likeness (QED) is 0.0272. The van der Waals surface area contributed by atoms with Crippen molar-refractivity contribution < 1.29 is 192 Å². The van der Waals surface area contributed by atoms with Crippen LogP contribution in [0.25, 0.3) is 0 Å². The predicted molar refractivity (Wildman–Crippen MR) is 416 cm³/mol. The summed E-state index contributed by atoms with van der Waals surface area (Å²) < 4.78 is 292. The molecule has 16 N–H and O–H groups in total. The molecule has 4 aromatic heterocycles. The van der Waals surface area contributed by atoms with Crippen LogP contribution in [0.4, 0.5) is 35.1 Å². The summed E-state index contributed by atoms with van der Waals surface area (Å²) in [5.74, 6) is -16.8. The number of alkyl halides is 4. The highest BCUT2D eigenvalue weighted by Crippen LogP contribution is 2.61. The second kappa shape index (κ2) is 38.3. The number of phosphoric acid groups is 3. The number of hydrogen-bond acceptors (Lipinski definition) is 39. The highest BCUT2D eigenvalue weighted by Gasteiger charge is 2.62. The Morgan fingerprint density at radius 3 is 1.10 bits per heavy atom. The summed E-state index contributed by atoms with van der Waals surface area (Å²) in [5.41, 5.74) is -2.91. The van der Waals surface area contributed by atoms with E-state index in [1.165, 1.54) is 18.2 Å². The van der Waals surface area contributed by atoms with Crippen molar-refractivity contribution >= 4 is 79.9 Å². The number of H-pyrrole nitrogens is 4. The van der Waals surface area contributed by atoms with E-state index in [1.54, 1.807) is 0 Å². The van der Waals surface area contributed by atoms with Gasteiger partial charge in [-0.2, -0.15) is 0 Å². The molecule has 4 unspecified atom stereocenters. The van der Waals surface area contributed by atoms with Crippen LogP contribution in [0.5, 0.6) is 17.2 Å². The van der Waals surface area contributed by atoms with Crippen LogP contribution in [0, 0.1) is 42.4 Å². The van der Waals surface area contributed by atoms with Crippen molar-refractivity contribution in [3.8, 4) is 17.2 Å². The van der Waals surface area contributed by atoms with E-state index >= 15 is 17.6 Å². The molecule has 696 valence electrons. The Kier molecular flexibility index (Phi) is 26.8. The summed E-state index contributed by atoms with van der Waals surface area (Å²) in [4.78, 5) is 55.6. The van der Waals surface area contributed by atoms with Crippen LogP contribution in [0.1, 0.15) is 83.2 Å². The minimum atomic E-state index is -4.86. The molecule has 8 aromatic rings. The average molecular weight is 1980 g/mol. The Labute approximate surface area is 737 Å². The molecule has 0 saturated carbocycles. The first-order chi connectivity index (χ1) is 62.4. The van der Waals surface area contributed by atoms with Gasteiger partial charge in [-0.05, 0) is 127 Å². The molecule has 8 aliphatic rings. The van der Waals surface area contributed by atoms with Crippen LogP contribution in [0.2, 0.25) is 0 Å². The van der Waals surface area contributed by atoms with Gasteiger partial charge in [-0.25, -0.2) is 48.8 Å². The molecule has 0 bridgehead atoms. The number of aromatic nitrogens is 8. The molecule has 20 atom stereocenters. The lowest BCUT2D eigenvalue weighted by molar-refractivity contribution is -0.205. The van der Waals surface area contributed by atoms with Gasteiger partial charge in [0.25, 0.3) is 45.7 Å². The zero-order valence-corrected chi connectivity index (χ0v) is 70.6. The summed E-state index contributed by atoms with van der Waals surface area (Å²) >= 11 is 19.7. The molecule has 12 heterocycles. The highest BCUT2D eigenvalue weighted by atomic mass is 32.1. The molecular weight excluding hydrogens is 1900 g/mol. The van der Waals surface area contributed by atoms with Gasteiger partial charge in [-0.1, -0.05) is 6.07 Å². The van der Waals surface area contributed by atoms with Crippen molar-refractivity contribution in [2.24, 2.45) is 0 Å². The Morgan fingerprint density at radius 2 is 0.703 bits per heavy atom. The van der Waals surface area contributed by atoms with Gasteiger partial charge in [0.2, 0.25) is 0 Å². The molecule has 4 saturated heterocycles. The third kappa shape index (κ3) is 20.6. The molecule has 8 aliphatic heterocycles. The molecule has 128 heavy (non-hydrogen) atoms. The number of aliphatic hydroxyl groups is 12. The molecular formula is C69H70F8N8O35P4S4. The minimum Gasteiger partial charge on any atom is -0.404 e. The Balaban J connectivity index is 0.000000152. The number of nitrogens with one attached hydrogen (secondary N) is 4. The SMILES string of the molecule is O=c1[nH]c(=S)n([C@@H]2O[C@](F)(COP3(=O)OCc4cc(F)ccc4O3)[C@@H](O)[C@H]2O)cc1CO.[2H]C([2H])(OP1(=O)Cc2ccc(F)cc2CO1)[C@@]1(F)O[C@@]([2H])(n2cc(CO)c(=O)[nH]c2=S)[C@H](O)[C@@H]1O.[2H]C([2H])(OP1(=O)OCc2cc(F)ccc2O1)[C@@]1(F)O[C@@H](n2cc(CO)c(=O)[nH]c2=S)[C@H](O)[C@@H]1O.[2H][C@@]1(n2cc(CO)c(=O)[nH]c2=S)O[C@](F)(COP2(=O)OCc3cc(F)ccc3O2)[C@@H](O)[C@H]1O. The number of rotatable bonds is 20. The van der Waals surface area contributed by atoms with Crippen LogP contribution < -0.4 is 35.8 Å². The number of nitrogens with zero attached hydrogens (tertiary/aromatic N) is 4. The fraction of sp³-hybridized carbons (Fsp3) is 0.420. The number of ether oxygens (including phenoxy) is 4. The summed E-state index contributed by atoms with van der Waals surface area (Å²) in [6.45, 7) is -14.7. The minimum absolute atomic E-state index is 0.00997. The number of hydrogen-bond donors (Lipinski definition) is 16. The molecule has 4 fully saturated rings. The van der Waals surface area contributed by atoms with Crippen molar-refractivity contribution in [1.82, 2.24) is 38.2 Å². The van der Waals surface area contributed by atoms with E-state index in [1.807, 2.05) is 0 Å². The Morgan fingerprint density at radius 1 is 0.406 bits per heavy atom. The summed E-state index contributed by atoms with van der Waals surface area (Å²) in [6.07, 6.45) is -25.1. The van der Waals surface area contributed by atoms with Crippen LogP contribution in [-0.4, -0.2) is 198 Å². The maximum absolute atomic E-state index is 15.9. The largest absolute Gasteiger partial charge is 0.530 e. The Bertz CT molecular complexity index is 6660. The van der Waals surface area contributed by atoms with Gasteiger partial charge < -0.3 is 103 Å². The second-order valence-electron chi connectivity index (χ2n) is 27.8. The van der Waals surface area contributed by atoms with Crippen LogP contribution >= 0.6 is 79.9 Å². The van der Waals surface area contributed by atoms with E-state index < -0.39 is 260 Å². The van der Waals surface area contributed by atoms with Crippen molar-refractivity contribution in [3.05, 3.63) is 231 Å². The smallest absolute Gasteiger partial charge is 0.404 e. The molecule has 4 aromatic carbocycles. The maximum Gasteiger partial charge on any atom is 0.530 e. The molecule has 0 amide bonds. The number of benzene rings is 4. The molecule has 0 spiro atoms. The van der Waals surface area contributed by atoms with Crippen LogP contribution in [0.15, 0.2) is 117 Å².